The van der Waals surface area contributed by atoms with Crippen LogP contribution in [0.25, 0.3) is 0 Å². The maximum atomic E-state index is 11.2. The molecule has 0 aliphatic heterocycles. The number of carbonyl (C=O) groups is 1. The van der Waals surface area contributed by atoms with E-state index in [1.54, 1.807) is 0 Å². The third-order valence-electron chi connectivity index (χ3n) is 2.80. The number of rotatable bonds is 17. The maximum absolute atomic E-state index is 11.2. The molecule has 0 atom stereocenters. The highest BCUT2D eigenvalue weighted by molar-refractivity contribution is 5.75. The molecule has 0 heterocycles. The Balaban J connectivity index is 3.01. The highest BCUT2D eigenvalue weighted by Crippen LogP contribution is 1.88. The molecule has 0 unspecified atom stereocenters. The van der Waals surface area contributed by atoms with Crippen molar-refractivity contribution in [2.75, 3.05) is 59.4 Å². The van der Waals surface area contributed by atoms with Crippen LogP contribution in [0.3, 0.4) is 0 Å². The van der Waals surface area contributed by atoms with E-state index in [9.17, 15) is 4.79 Å². The lowest BCUT2D eigenvalue weighted by molar-refractivity contribution is -0.121. The molecule has 0 aromatic rings. The van der Waals surface area contributed by atoms with Crippen LogP contribution < -0.4 is 5.32 Å². The molecule has 0 aliphatic rings. The van der Waals surface area contributed by atoms with Crippen LogP contribution in [0.5, 0.6) is 0 Å². The molecular formula is C16H33NO5. The minimum absolute atomic E-state index is 0.0816. The lowest BCUT2D eigenvalue weighted by atomic mass is 10.3. The Morgan fingerprint density at radius 2 is 1.23 bits per heavy atom. The van der Waals surface area contributed by atoms with Crippen LogP contribution in [0.1, 0.15) is 39.5 Å². The molecule has 1 N–H and O–H groups in total. The van der Waals surface area contributed by atoms with Gasteiger partial charge in [0.25, 0.3) is 0 Å². The molecule has 0 aliphatic carbocycles. The van der Waals surface area contributed by atoms with E-state index >= 15 is 0 Å². The first kappa shape index (κ1) is 21.3. The summed E-state index contributed by atoms with van der Waals surface area (Å²) in [6.45, 7) is 9.48. The first-order valence-electron chi connectivity index (χ1n) is 8.38. The standard InChI is InChI=1S/C16H33NO5/c1-3-5-8-19-10-12-21-14-15-22-13-11-20-9-7-17-16(18)6-4-2/h3-15H2,1-2H3,(H,17,18). The molecule has 1 amide bonds. The van der Waals surface area contributed by atoms with Crippen LogP contribution in [0.15, 0.2) is 0 Å². The Morgan fingerprint density at radius 1 is 0.727 bits per heavy atom. The number of ether oxygens (including phenoxy) is 4. The van der Waals surface area contributed by atoms with Gasteiger partial charge in [0.15, 0.2) is 0 Å². The van der Waals surface area contributed by atoms with Crippen molar-refractivity contribution in [3.8, 4) is 0 Å². The van der Waals surface area contributed by atoms with Crippen molar-refractivity contribution in [1.82, 2.24) is 5.32 Å². The van der Waals surface area contributed by atoms with Gasteiger partial charge in [-0.15, -0.1) is 0 Å². The minimum atomic E-state index is 0.0816. The van der Waals surface area contributed by atoms with Crippen LogP contribution in [0.2, 0.25) is 0 Å². The molecule has 6 heteroatoms. The van der Waals surface area contributed by atoms with E-state index in [0.29, 0.717) is 59.2 Å². The number of nitrogens with one attached hydrogen (secondary N) is 1. The number of amides is 1. The summed E-state index contributed by atoms with van der Waals surface area (Å²) >= 11 is 0. The Labute approximate surface area is 134 Å². The van der Waals surface area contributed by atoms with Crippen molar-refractivity contribution in [1.29, 1.82) is 0 Å². The van der Waals surface area contributed by atoms with Gasteiger partial charge in [-0.05, 0) is 12.8 Å². The fraction of sp³-hybridized carbons (Fsp3) is 0.938. The first-order chi connectivity index (χ1) is 10.8. The van der Waals surface area contributed by atoms with Gasteiger partial charge < -0.3 is 24.3 Å². The van der Waals surface area contributed by atoms with Crippen molar-refractivity contribution >= 4 is 5.91 Å². The van der Waals surface area contributed by atoms with E-state index in [2.05, 4.69) is 12.2 Å². The van der Waals surface area contributed by atoms with E-state index in [-0.39, 0.29) is 5.91 Å². The zero-order valence-electron chi connectivity index (χ0n) is 14.2. The molecule has 22 heavy (non-hydrogen) atoms. The summed E-state index contributed by atoms with van der Waals surface area (Å²) in [6, 6.07) is 0. The monoisotopic (exact) mass is 319 g/mol. The first-order valence-corrected chi connectivity index (χ1v) is 8.38. The van der Waals surface area contributed by atoms with Crippen molar-refractivity contribution in [3.63, 3.8) is 0 Å². The van der Waals surface area contributed by atoms with E-state index in [1.807, 2.05) is 6.92 Å². The van der Waals surface area contributed by atoms with E-state index in [4.69, 9.17) is 18.9 Å². The molecule has 0 rings (SSSR count). The van der Waals surface area contributed by atoms with Crippen molar-refractivity contribution in [2.45, 2.75) is 39.5 Å². The average molecular weight is 319 g/mol. The molecule has 0 bridgehead atoms. The Bertz CT molecular complexity index is 239. The van der Waals surface area contributed by atoms with Gasteiger partial charge in [-0.25, -0.2) is 0 Å². The zero-order valence-corrected chi connectivity index (χ0v) is 14.2. The second-order valence-electron chi connectivity index (χ2n) is 4.90. The van der Waals surface area contributed by atoms with Gasteiger partial charge in [-0.1, -0.05) is 20.3 Å². The SMILES string of the molecule is CCCCOCCOCCOCCOCCNC(=O)CCC. The van der Waals surface area contributed by atoms with Crippen molar-refractivity contribution in [2.24, 2.45) is 0 Å². The van der Waals surface area contributed by atoms with Gasteiger partial charge in [0.05, 0.1) is 46.2 Å². The number of hydrogen-bond donors (Lipinski definition) is 1. The van der Waals surface area contributed by atoms with Crippen LogP contribution in [-0.2, 0) is 23.7 Å². The lowest BCUT2D eigenvalue weighted by Crippen LogP contribution is -2.27. The normalized spacial score (nSPS) is 10.8. The van der Waals surface area contributed by atoms with Gasteiger partial charge in [0.2, 0.25) is 5.91 Å². The fourth-order valence-electron chi connectivity index (χ4n) is 1.59. The van der Waals surface area contributed by atoms with E-state index in [1.165, 1.54) is 0 Å². The number of carbonyl (C=O) groups excluding carboxylic acids is 1. The van der Waals surface area contributed by atoms with Gasteiger partial charge in [0, 0.05) is 19.6 Å². The summed E-state index contributed by atoms with van der Waals surface area (Å²) in [4.78, 5) is 11.2. The topological polar surface area (TPSA) is 66.0 Å². The minimum Gasteiger partial charge on any atom is -0.379 e. The van der Waals surface area contributed by atoms with Gasteiger partial charge in [-0.2, -0.15) is 0 Å². The van der Waals surface area contributed by atoms with Crippen LogP contribution in [0.4, 0.5) is 0 Å². The molecular weight excluding hydrogens is 286 g/mol. The predicted octanol–water partition coefficient (Wildman–Crippen LogP) is 1.77. The summed E-state index contributed by atoms with van der Waals surface area (Å²) in [6.07, 6.45) is 3.70. The quantitative estimate of drug-likeness (QED) is 0.414. The summed E-state index contributed by atoms with van der Waals surface area (Å²) in [7, 11) is 0. The van der Waals surface area contributed by atoms with Crippen LogP contribution >= 0.6 is 0 Å². The fourth-order valence-corrected chi connectivity index (χ4v) is 1.59. The molecule has 0 aromatic carbocycles. The second kappa shape index (κ2) is 18.4. The molecule has 0 radical (unpaired) electrons. The van der Waals surface area contributed by atoms with Gasteiger partial charge in [-0.3, -0.25) is 4.79 Å². The average Bonchev–Trinajstić information content (AvgIpc) is 2.51. The van der Waals surface area contributed by atoms with Crippen molar-refractivity contribution < 1.29 is 23.7 Å². The van der Waals surface area contributed by atoms with Crippen LogP contribution in [0, 0.1) is 0 Å². The van der Waals surface area contributed by atoms with Gasteiger partial charge in [0.1, 0.15) is 0 Å². The highest BCUT2D eigenvalue weighted by Gasteiger charge is 1.97. The largest absolute Gasteiger partial charge is 0.379 e. The number of hydrogen-bond acceptors (Lipinski definition) is 5. The number of unbranched alkanes of at least 4 members (excludes halogenated alkanes) is 1. The zero-order chi connectivity index (χ0) is 16.3. The Hall–Kier alpha value is -0.690. The van der Waals surface area contributed by atoms with E-state index in [0.717, 1.165) is 25.9 Å². The molecule has 6 nitrogen and oxygen atoms in total. The molecule has 132 valence electrons. The smallest absolute Gasteiger partial charge is 0.220 e. The molecule has 0 aromatic heterocycles. The second-order valence-corrected chi connectivity index (χ2v) is 4.90. The molecule has 0 fully saturated rings. The highest BCUT2D eigenvalue weighted by atomic mass is 16.6. The summed E-state index contributed by atoms with van der Waals surface area (Å²) < 4.78 is 21.5. The molecule has 0 spiro atoms. The lowest BCUT2D eigenvalue weighted by Gasteiger charge is -2.08. The van der Waals surface area contributed by atoms with E-state index < -0.39 is 0 Å². The third kappa shape index (κ3) is 17.4. The summed E-state index contributed by atoms with van der Waals surface area (Å²) in [5.74, 6) is 0.0816. The summed E-state index contributed by atoms with van der Waals surface area (Å²) in [5, 5.41) is 2.79. The molecule has 0 saturated heterocycles. The third-order valence-corrected chi connectivity index (χ3v) is 2.80. The maximum Gasteiger partial charge on any atom is 0.220 e. The molecule has 0 saturated carbocycles. The Morgan fingerprint density at radius 3 is 1.73 bits per heavy atom. The predicted molar refractivity (Wildman–Crippen MR) is 86.1 cm³/mol. The van der Waals surface area contributed by atoms with Crippen LogP contribution in [-0.4, -0.2) is 65.3 Å². The Kier molecular flexibility index (Phi) is 17.8. The summed E-state index contributed by atoms with van der Waals surface area (Å²) in [5.41, 5.74) is 0. The van der Waals surface area contributed by atoms with Gasteiger partial charge >= 0.3 is 0 Å². The van der Waals surface area contributed by atoms with Crippen molar-refractivity contribution in [3.05, 3.63) is 0 Å².